The van der Waals surface area contributed by atoms with Crippen LogP contribution in [0.4, 0.5) is 4.79 Å². The third kappa shape index (κ3) is 12.2. The van der Waals surface area contributed by atoms with Crippen LogP contribution in [-0.4, -0.2) is 91.8 Å². The van der Waals surface area contributed by atoms with Gasteiger partial charge in [0.25, 0.3) is 0 Å². The van der Waals surface area contributed by atoms with Crippen LogP contribution in [0.1, 0.15) is 54.4 Å². The molecular weight excluding hydrogens is 386 g/mol. The van der Waals surface area contributed by atoms with E-state index < -0.39 is 17.3 Å². The second kappa shape index (κ2) is 13.0. The Bertz CT molecular complexity index is 528. The lowest BCUT2D eigenvalue weighted by Gasteiger charge is -2.33. The van der Waals surface area contributed by atoms with Gasteiger partial charge < -0.3 is 30.5 Å². The molecule has 0 aromatic rings. The first kappa shape index (κ1) is 26.5. The fourth-order valence-corrected chi connectivity index (χ4v) is 3.15. The summed E-state index contributed by atoms with van der Waals surface area (Å²) < 4.78 is 10.7. The van der Waals surface area contributed by atoms with Gasteiger partial charge in [-0.05, 0) is 41.0 Å². The Kier molecular flexibility index (Phi) is 11.4. The molecule has 1 fully saturated rings. The van der Waals surface area contributed by atoms with E-state index in [9.17, 15) is 9.90 Å². The molecule has 0 aromatic heterocycles. The normalized spacial score (nSPS) is 19.0. The summed E-state index contributed by atoms with van der Waals surface area (Å²) in [5, 5.41) is 20.2. The third-order valence-corrected chi connectivity index (χ3v) is 4.46. The highest BCUT2D eigenvalue weighted by molar-refractivity contribution is 5.80. The third-order valence-electron chi connectivity index (χ3n) is 4.46. The summed E-state index contributed by atoms with van der Waals surface area (Å²) >= 11 is 0. The van der Waals surface area contributed by atoms with E-state index in [1.807, 2.05) is 27.7 Å². The molecule has 1 rings (SSSR count). The second-order valence-electron chi connectivity index (χ2n) is 9.09. The van der Waals surface area contributed by atoms with Crippen LogP contribution >= 0.6 is 0 Å². The van der Waals surface area contributed by atoms with Crippen molar-refractivity contribution in [2.75, 3.05) is 52.5 Å². The molecule has 4 N–H and O–H groups in total. The number of aliphatic imine (C=N–C) groups is 1. The van der Waals surface area contributed by atoms with Crippen molar-refractivity contribution < 1.29 is 19.4 Å². The van der Waals surface area contributed by atoms with E-state index in [-0.39, 0.29) is 12.6 Å². The monoisotopic (exact) mass is 429 g/mol. The van der Waals surface area contributed by atoms with E-state index in [1.165, 1.54) is 0 Å². The molecule has 2 unspecified atom stereocenters. The number of carbonyl (C=O) groups excluding carboxylic acids is 1. The Morgan fingerprint density at radius 3 is 2.43 bits per heavy atom. The summed E-state index contributed by atoms with van der Waals surface area (Å²) in [5.41, 5.74) is -1.46. The van der Waals surface area contributed by atoms with Crippen LogP contribution in [0, 0.1) is 0 Å². The number of nitrogens with zero attached hydrogens (tertiary/aromatic N) is 2. The summed E-state index contributed by atoms with van der Waals surface area (Å²) in [7, 11) is 0. The lowest BCUT2D eigenvalue weighted by atomic mass is 10.1. The first-order chi connectivity index (χ1) is 14.0. The average molecular weight is 430 g/mol. The highest BCUT2D eigenvalue weighted by Gasteiger charge is 2.25. The van der Waals surface area contributed by atoms with E-state index in [1.54, 1.807) is 6.92 Å². The van der Waals surface area contributed by atoms with E-state index in [0.717, 1.165) is 25.9 Å². The zero-order valence-corrected chi connectivity index (χ0v) is 19.7. The molecule has 0 spiro atoms. The Balaban J connectivity index is 2.60. The van der Waals surface area contributed by atoms with Gasteiger partial charge in [-0.2, -0.15) is 0 Å². The SMILES string of the molecule is CCCC(CNC(=NCC(C)(O)CN1CCOCC1)NCC)NC(=O)OC(C)(C)C. The highest BCUT2D eigenvalue weighted by atomic mass is 16.6. The highest BCUT2D eigenvalue weighted by Crippen LogP contribution is 2.10. The maximum atomic E-state index is 12.1. The Morgan fingerprint density at radius 2 is 1.87 bits per heavy atom. The van der Waals surface area contributed by atoms with Crippen molar-refractivity contribution >= 4 is 12.1 Å². The molecule has 9 heteroatoms. The molecule has 9 nitrogen and oxygen atoms in total. The zero-order valence-electron chi connectivity index (χ0n) is 19.7. The lowest BCUT2D eigenvalue weighted by molar-refractivity contribution is -0.0180. The number of hydrogen-bond acceptors (Lipinski definition) is 6. The van der Waals surface area contributed by atoms with Crippen LogP contribution in [-0.2, 0) is 9.47 Å². The fraction of sp³-hybridized carbons (Fsp3) is 0.905. The van der Waals surface area contributed by atoms with Gasteiger partial charge in [-0.1, -0.05) is 13.3 Å². The lowest BCUT2D eigenvalue weighted by Crippen LogP contribution is -2.50. The van der Waals surface area contributed by atoms with Gasteiger partial charge in [0.1, 0.15) is 5.60 Å². The molecular formula is C21H43N5O4. The zero-order chi connectivity index (χ0) is 22.6. The molecule has 1 heterocycles. The van der Waals surface area contributed by atoms with Gasteiger partial charge in [-0.15, -0.1) is 0 Å². The number of hydrogen-bond donors (Lipinski definition) is 4. The number of ether oxygens (including phenoxy) is 2. The van der Waals surface area contributed by atoms with Gasteiger partial charge >= 0.3 is 6.09 Å². The van der Waals surface area contributed by atoms with E-state index in [4.69, 9.17) is 9.47 Å². The van der Waals surface area contributed by atoms with Gasteiger partial charge in [-0.3, -0.25) is 9.89 Å². The second-order valence-corrected chi connectivity index (χ2v) is 9.09. The molecule has 0 radical (unpaired) electrons. The first-order valence-electron chi connectivity index (χ1n) is 11.1. The summed E-state index contributed by atoms with van der Waals surface area (Å²) in [6.07, 6.45) is 1.34. The standard InChI is InChI=1S/C21H43N5O4/c1-7-9-17(25-19(27)30-20(3,4)5)14-23-18(22-8-2)24-15-21(6,28)16-26-10-12-29-13-11-26/h17,28H,7-16H2,1-6H3,(H,25,27)(H2,22,23,24). The molecule has 2 atom stereocenters. The smallest absolute Gasteiger partial charge is 0.407 e. The number of aliphatic hydroxyl groups is 1. The molecule has 0 bridgehead atoms. The Labute approximate surface area is 182 Å². The minimum Gasteiger partial charge on any atom is -0.444 e. The summed E-state index contributed by atoms with van der Waals surface area (Å²) in [4.78, 5) is 18.9. The molecule has 1 aliphatic rings. The largest absolute Gasteiger partial charge is 0.444 e. The van der Waals surface area contributed by atoms with Crippen LogP contribution in [0.25, 0.3) is 0 Å². The maximum Gasteiger partial charge on any atom is 0.407 e. The minimum atomic E-state index is -0.933. The number of nitrogens with one attached hydrogen (secondary N) is 3. The maximum absolute atomic E-state index is 12.1. The van der Waals surface area contributed by atoms with Crippen LogP contribution < -0.4 is 16.0 Å². The molecule has 0 aliphatic carbocycles. The van der Waals surface area contributed by atoms with Gasteiger partial charge in [0, 0.05) is 38.8 Å². The van der Waals surface area contributed by atoms with Gasteiger partial charge in [0.15, 0.2) is 5.96 Å². The van der Waals surface area contributed by atoms with Crippen molar-refractivity contribution in [2.24, 2.45) is 4.99 Å². The molecule has 1 aliphatic heterocycles. The minimum absolute atomic E-state index is 0.0810. The van der Waals surface area contributed by atoms with Crippen molar-refractivity contribution in [3.05, 3.63) is 0 Å². The van der Waals surface area contributed by atoms with E-state index in [2.05, 4.69) is 32.8 Å². The fourth-order valence-electron chi connectivity index (χ4n) is 3.15. The number of guanidine groups is 1. The van der Waals surface area contributed by atoms with Crippen molar-refractivity contribution in [1.29, 1.82) is 0 Å². The van der Waals surface area contributed by atoms with Crippen molar-refractivity contribution in [1.82, 2.24) is 20.9 Å². The summed E-state index contributed by atoms with van der Waals surface area (Å²) in [6, 6.07) is -0.0810. The van der Waals surface area contributed by atoms with E-state index in [0.29, 0.717) is 38.8 Å². The molecule has 0 saturated carbocycles. The van der Waals surface area contributed by atoms with E-state index >= 15 is 0 Å². The van der Waals surface area contributed by atoms with Crippen molar-refractivity contribution in [3.63, 3.8) is 0 Å². The number of carbonyl (C=O) groups is 1. The van der Waals surface area contributed by atoms with Crippen molar-refractivity contribution in [3.8, 4) is 0 Å². The molecule has 1 amide bonds. The Hall–Kier alpha value is -1.58. The van der Waals surface area contributed by atoms with Gasteiger partial charge in [0.05, 0.1) is 25.4 Å². The summed E-state index contributed by atoms with van der Waals surface area (Å²) in [6.45, 7) is 16.5. The molecule has 0 aromatic carbocycles. The number of amides is 1. The van der Waals surface area contributed by atoms with Crippen LogP contribution in [0.2, 0.25) is 0 Å². The topological polar surface area (TPSA) is 107 Å². The van der Waals surface area contributed by atoms with Crippen LogP contribution in [0.5, 0.6) is 0 Å². The number of alkyl carbamates (subject to hydrolysis) is 1. The predicted molar refractivity (Wildman–Crippen MR) is 120 cm³/mol. The molecule has 1 saturated heterocycles. The van der Waals surface area contributed by atoms with Crippen LogP contribution in [0.15, 0.2) is 4.99 Å². The van der Waals surface area contributed by atoms with Gasteiger partial charge in [-0.25, -0.2) is 4.79 Å². The van der Waals surface area contributed by atoms with Crippen molar-refractivity contribution in [2.45, 2.75) is 71.6 Å². The molecule has 30 heavy (non-hydrogen) atoms. The average Bonchev–Trinajstić information content (AvgIpc) is 2.63. The Morgan fingerprint density at radius 1 is 1.20 bits per heavy atom. The summed E-state index contributed by atoms with van der Waals surface area (Å²) in [5.74, 6) is 0.617. The first-order valence-corrected chi connectivity index (χ1v) is 11.1. The van der Waals surface area contributed by atoms with Crippen LogP contribution in [0.3, 0.4) is 0 Å². The number of β-amino-alcohol motifs (C(OH)–C–C–N with tert-alkyl or cyclic N) is 1. The quantitative estimate of drug-likeness (QED) is 0.306. The number of rotatable bonds is 10. The van der Waals surface area contributed by atoms with Gasteiger partial charge in [0.2, 0.25) is 0 Å². The number of morpholine rings is 1. The molecule has 176 valence electrons. The predicted octanol–water partition coefficient (Wildman–Crippen LogP) is 1.32.